The summed E-state index contributed by atoms with van der Waals surface area (Å²) >= 11 is 8.60. The van der Waals surface area contributed by atoms with Crippen LogP contribution in [0.3, 0.4) is 0 Å². The van der Waals surface area contributed by atoms with Crippen LogP contribution in [0.2, 0.25) is 4.34 Å². The third-order valence-corrected chi connectivity index (χ3v) is 13.0. The molecule has 292 valence electrons. The highest BCUT2D eigenvalue weighted by molar-refractivity contribution is 8.00. The van der Waals surface area contributed by atoms with E-state index in [1.54, 1.807) is 4.90 Å². The lowest BCUT2D eigenvalue weighted by Crippen LogP contribution is -2.70. The normalized spacial score (nSPS) is 26.3. The van der Waals surface area contributed by atoms with Crippen LogP contribution in [0.5, 0.6) is 11.5 Å². The summed E-state index contributed by atoms with van der Waals surface area (Å²) in [6, 6.07) is 0.937. The molecule has 0 saturated carbocycles. The first-order valence-electron chi connectivity index (χ1n) is 17.0. The van der Waals surface area contributed by atoms with Crippen molar-refractivity contribution in [3.05, 3.63) is 44.9 Å². The molecule has 4 aliphatic heterocycles. The Kier molecular flexibility index (Phi) is 9.88. The molecule has 8 N–H and O–H groups in total. The molecule has 2 bridgehead atoms. The molecule has 3 aromatic rings. The number of carbonyl (C=O) groups excluding carboxylic acids is 3. The quantitative estimate of drug-likeness (QED) is 0.0474. The smallest absolute Gasteiger partial charge is 0.350 e. The Morgan fingerprint density at radius 3 is 2.53 bits per heavy atom. The van der Waals surface area contributed by atoms with Gasteiger partial charge < -0.3 is 41.0 Å². The van der Waals surface area contributed by atoms with Crippen LogP contribution in [0.25, 0.3) is 5.70 Å². The van der Waals surface area contributed by atoms with E-state index in [1.807, 2.05) is 0 Å². The number of aromatic amines is 1. The lowest BCUT2D eigenvalue weighted by molar-refractivity contribution is -0.944. The maximum absolute atomic E-state index is 14.0. The number of nitrogens with zero attached hydrogens (tertiary/aromatic N) is 7. The number of nitrogen functional groups attached to an aromatic ring is 1. The van der Waals surface area contributed by atoms with Crippen LogP contribution in [-0.2, 0) is 19.2 Å². The molecule has 0 spiro atoms. The molecule has 19 nitrogen and oxygen atoms in total. The average Bonchev–Trinajstić information content (AvgIpc) is 3.80. The van der Waals surface area contributed by atoms with Crippen LogP contribution in [0.4, 0.5) is 9.52 Å². The van der Waals surface area contributed by atoms with E-state index in [2.05, 4.69) is 48.4 Å². The number of hydrogen-bond acceptors (Lipinski definition) is 15. The number of halogens is 2. The van der Waals surface area contributed by atoms with Crippen LogP contribution in [0.15, 0.2) is 22.9 Å². The second-order valence-electron chi connectivity index (χ2n) is 14.4. The number of rotatable bonds is 11. The largest absolute Gasteiger partial charge is 0.504 e. The predicted molar refractivity (Wildman–Crippen MR) is 195 cm³/mol. The number of benzene rings is 1. The minimum Gasteiger partial charge on any atom is -0.504 e. The van der Waals surface area contributed by atoms with E-state index in [0.29, 0.717) is 35.3 Å². The fourth-order valence-corrected chi connectivity index (χ4v) is 9.93. The number of carboxylic acids is 1. The molecule has 23 heteroatoms. The van der Waals surface area contributed by atoms with Gasteiger partial charge in [-0.3, -0.25) is 19.3 Å². The first-order chi connectivity index (χ1) is 26.0. The number of carbonyl (C=O) groups is 4. The monoisotopic (exact) mass is 820 g/mol. The lowest BCUT2D eigenvalue weighted by atomic mass is 9.92. The standard InChI is InChI=1S/C32H35ClFN11O8S2/c1-32(2,30(51)52)53-41-20(19-24(33)55-31(35)38-19)27(49)37-21-28(50)44-22(25-39-42-43-40-25)13(11-54-29(21)44)10-45(3)15-4-5-16(45)9-14(8-15)36-26(48)12-6-17(34)23(47)18(46)7-12/h6-7,14-16,21,29H,4-5,8-11H2,1-3H3,(H7-,35,36,37,38,39,40,41,42,43,46,47,48,49,51,52)/p+1/t14?,15-,16+,21-,29-,45?/m1/s1. The van der Waals surface area contributed by atoms with Crippen molar-refractivity contribution in [2.45, 2.75) is 74.7 Å². The van der Waals surface area contributed by atoms with Crippen molar-refractivity contribution in [1.29, 1.82) is 0 Å². The molecule has 0 radical (unpaired) electrons. The zero-order valence-corrected chi connectivity index (χ0v) is 31.8. The molecule has 6 heterocycles. The number of piperidine rings is 1. The van der Waals surface area contributed by atoms with Crippen LogP contribution in [0, 0.1) is 5.82 Å². The number of H-pyrrole nitrogens is 1. The molecule has 2 unspecified atom stereocenters. The predicted octanol–water partition coefficient (Wildman–Crippen LogP) is 1.41. The molecule has 0 aliphatic carbocycles. The van der Waals surface area contributed by atoms with Gasteiger partial charge >= 0.3 is 5.97 Å². The van der Waals surface area contributed by atoms with Gasteiger partial charge in [0.1, 0.15) is 28.0 Å². The van der Waals surface area contributed by atoms with Gasteiger partial charge in [0, 0.05) is 48.6 Å². The number of β-lactam (4-membered cyclic amide) rings is 1. The van der Waals surface area contributed by atoms with Crippen molar-refractivity contribution in [2.24, 2.45) is 5.16 Å². The maximum atomic E-state index is 14.0. The molecular weight excluding hydrogens is 785 g/mol. The van der Waals surface area contributed by atoms with Crippen molar-refractivity contribution in [1.82, 2.24) is 41.1 Å². The van der Waals surface area contributed by atoms with E-state index in [1.165, 1.54) is 25.6 Å². The molecule has 3 amide bonds. The fraction of sp³-hybridized carbons (Fsp3) is 0.469. The second-order valence-corrected chi connectivity index (χ2v) is 17.2. The summed E-state index contributed by atoms with van der Waals surface area (Å²) < 4.78 is 14.7. The van der Waals surface area contributed by atoms with Gasteiger partial charge in [-0.05, 0) is 36.4 Å². The Balaban J connectivity index is 1.09. The summed E-state index contributed by atoms with van der Waals surface area (Å²) in [6.45, 7) is 3.03. The Bertz CT molecular complexity index is 2110. The SMILES string of the molecule is CC(C)(O/N=C(\C(=O)N[C@@H]1C(=O)N2C(c3nnn[nH]3)=C(C[N+]3(C)[C@@H]4CC[C@H]3CC(NC(=O)c3cc(O)c(O)c(F)c3)C4)CS[C@H]12)c1nc(N)sc1Cl)C(=O)O. The number of aromatic hydroxyl groups is 2. The number of aliphatic carboxylic acids is 1. The van der Waals surface area contributed by atoms with Crippen LogP contribution < -0.4 is 16.4 Å². The first-order valence-corrected chi connectivity index (χ1v) is 19.2. The Labute approximate surface area is 324 Å². The van der Waals surface area contributed by atoms with Crippen LogP contribution in [-0.4, -0.2) is 134 Å². The number of oxime groups is 1. The second kappa shape index (κ2) is 14.2. The number of anilines is 1. The number of phenols is 2. The van der Waals surface area contributed by atoms with Gasteiger partial charge in [0.05, 0.1) is 24.8 Å². The summed E-state index contributed by atoms with van der Waals surface area (Å²) in [5.74, 6) is -5.23. The minimum absolute atomic E-state index is 0.00874. The van der Waals surface area contributed by atoms with Crippen molar-refractivity contribution in [3.8, 4) is 11.5 Å². The third kappa shape index (κ3) is 6.91. The topological polar surface area (TPSA) is 271 Å². The number of nitrogens with two attached hydrogens (primary N) is 1. The van der Waals surface area contributed by atoms with Crippen LogP contribution in [0.1, 0.15) is 61.4 Å². The molecule has 55 heavy (non-hydrogen) atoms. The first kappa shape index (κ1) is 38.2. The molecule has 3 fully saturated rings. The zero-order chi connectivity index (χ0) is 39.6. The van der Waals surface area contributed by atoms with Gasteiger partial charge in [-0.15, -0.1) is 16.9 Å². The number of thiazole rings is 1. The van der Waals surface area contributed by atoms with Crippen molar-refractivity contribution >= 4 is 74.9 Å². The van der Waals surface area contributed by atoms with Gasteiger partial charge in [0.15, 0.2) is 34.0 Å². The molecule has 6 atom stereocenters. The van der Waals surface area contributed by atoms with Crippen molar-refractivity contribution in [3.63, 3.8) is 0 Å². The highest BCUT2D eigenvalue weighted by Gasteiger charge is 2.57. The van der Waals surface area contributed by atoms with Gasteiger partial charge in [-0.1, -0.05) is 28.1 Å². The number of tetrazole rings is 1. The summed E-state index contributed by atoms with van der Waals surface area (Å²) in [4.78, 5) is 63.1. The summed E-state index contributed by atoms with van der Waals surface area (Å²) in [7, 11) is 2.15. The maximum Gasteiger partial charge on any atom is 0.350 e. The van der Waals surface area contributed by atoms with Crippen LogP contribution >= 0.6 is 34.7 Å². The number of amides is 3. The number of fused-ring (bicyclic) bond motifs is 3. The summed E-state index contributed by atoms with van der Waals surface area (Å²) in [5, 5.41) is 52.2. The van der Waals surface area contributed by atoms with Gasteiger partial charge in [-0.2, -0.15) is 0 Å². The zero-order valence-electron chi connectivity index (χ0n) is 29.4. The highest BCUT2D eigenvalue weighted by Crippen LogP contribution is 2.47. The Morgan fingerprint density at radius 2 is 1.93 bits per heavy atom. The number of likely N-dealkylation sites (N-methyl/N-ethyl adjacent to an activating group) is 1. The van der Waals surface area contributed by atoms with E-state index in [0.717, 1.165) is 41.9 Å². The molecular formula is C32H36ClFN11O8S2+. The molecule has 3 saturated heterocycles. The molecule has 2 aromatic heterocycles. The van der Waals surface area contributed by atoms with E-state index in [4.69, 9.17) is 22.2 Å². The van der Waals surface area contributed by atoms with Crippen molar-refractivity contribution < 1.29 is 48.2 Å². The Hall–Kier alpha value is -5.06. The lowest BCUT2D eigenvalue weighted by Gasteiger charge is -2.52. The van der Waals surface area contributed by atoms with Crippen molar-refractivity contribution in [2.75, 3.05) is 25.1 Å². The number of aromatic nitrogens is 5. The fourth-order valence-electron chi connectivity index (χ4n) is 7.67. The number of hydrogen-bond donors (Lipinski definition) is 7. The summed E-state index contributed by atoms with van der Waals surface area (Å²) in [5.41, 5.74) is 4.69. The molecule has 1 aromatic carbocycles. The number of phenolic OH excluding ortho intramolecular Hbond substituents is 2. The molecule has 4 aliphatic rings. The van der Waals surface area contributed by atoms with Gasteiger partial charge in [-0.25, -0.2) is 19.3 Å². The van der Waals surface area contributed by atoms with E-state index < -0.39 is 63.7 Å². The summed E-state index contributed by atoms with van der Waals surface area (Å²) in [6.07, 6.45) is 3.06. The molecule has 7 rings (SSSR count). The number of carboxylic acid groups (broad SMARTS) is 1. The van der Waals surface area contributed by atoms with Gasteiger partial charge in [0.25, 0.3) is 17.7 Å². The minimum atomic E-state index is -1.82. The van der Waals surface area contributed by atoms with Gasteiger partial charge in [0.2, 0.25) is 5.60 Å². The number of thioether (sulfide) groups is 1. The number of quaternary nitrogens is 1. The average molecular weight is 821 g/mol. The van der Waals surface area contributed by atoms with E-state index in [-0.39, 0.29) is 44.7 Å². The number of nitrogens with one attached hydrogen (secondary N) is 3. The van der Waals surface area contributed by atoms with E-state index in [9.17, 15) is 38.9 Å². The van der Waals surface area contributed by atoms with E-state index >= 15 is 0 Å². The Morgan fingerprint density at radius 1 is 1.22 bits per heavy atom. The third-order valence-electron chi connectivity index (χ3n) is 10.6. The highest BCUT2D eigenvalue weighted by atomic mass is 35.5.